The third kappa shape index (κ3) is 14.0. The molecule has 5 aliphatic carbocycles. The Hall–Kier alpha value is -5.14. The van der Waals surface area contributed by atoms with E-state index in [1.54, 1.807) is 0 Å². The Labute approximate surface area is 490 Å². The zero-order chi connectivity index (χ0) is 60.9. The van der Waals surface area contributed by atoms with E-state index < -0.39 is 59.3 Å². The van der Waals surface area contributed by atoms with Gasteiger partial charge in [0.25, 0.3) is 0 Å². The van der Waals surface area contributed by atoms with Crippen molar-refractivity contribution in [1.82, 2.24) is 10.3 Å². The van der Waals surface area contributed by atoms with Gasteiger partial charge in [0, 0.05) is 61.2 Å². The molecule has 1 aromatic rings. The number of hydrogen-bond acceptors (Lipinski definition) is 11. The molecule has 4 N–H and O–H groups in total. The van der Waals surface area contributed by atoms with Crippen LogP contribution in [0.25, 0.3) is 5.57 Å². The number of aromatic nitrogens is 1. The highest BCUT2D eigenvalue weighted by Gasteiger charge is 2.52. The summed E-state index contributed by atoms with van der Waals surface area (Å²) < 4.78 is 13.6. The summed E-state index contributed by atoms with van der Waals surface area (Å²) in [5, 5.41) is 18.3. The van der Waals surface area contributed by atoms with Gasteiger partial charge in [-0.1, -0.05) is 150 Å². The molecule has 4 unspecified atom stereocenters. The van der Waals surface area contributed by atoms with Crippen molar-refractivity contribution < 1.29 is 48.1 Å². The Bertz CT molecular complexity index is 2730. The van der Waals surface area contributed by atoms with Crippen molar-refractivity contribution in [2.75, 3.05) is 5.32 Å². The molecule has 14 heteroatoms. The molecule has 0 bridgehead atoms. The van der Waals surface area contributed by atoms with Crippen LogP contribution in [0.5, 0.6) is 0 Å². The average Bonchev–Trinajstić information content (AvgIpc) is 4.20. The summed E-state index contributed by atoms with van der Waals surface area (Å²) in [5.74, 6) is -3.87. The molecule has 0 aromatic carbocycles. The molecule has 2 amide bonds. The highest BCUT2D eigenvalue weighted by atomic mass is 16.5. The maximum Gasteiger partial charge on any atom is 0.342 e. The van der Waals surface area contributed by atoms with E-state index in [2.05, 4.69) is 113 Å². The normalized spacial score (nSPS) is 27.1. The monoisotopic (exact) mass is 1130 g/mol. The second-order valence-corrected chi connectivity index (χ2v) is 30.8. The van der Waals surface area contributed by atoms with Gasteiger partial charge in [0.2, 0.25) is 17.6 Å². The number of amidine groups is 1. The second-order valence-electron chi connectivity index (χ2n) is 30.8. The molecular formula is C68H102N4O10. The van der Waals surface area contributed by atoms with Crippen LogP contribution in [-0.4, -0.2) is 69.2 Å². The number of carbonyl (C=O) groups is 7. The lowest BCUT2D eigenvalue weighted by Gasteiger charge is -2.50. The molecule has 0 saturated heterocycles. The van der Waals surface area contributed by atoms with E-state index in [9.17, 15) is 24.3 Å². The van der Waals surface area contributed by atoms with Gasteiger partial charge in [0.15, 0.2) is 0 Å². The number of esters is 2. The molecule has 14 nitrogen and oxygen atoms in total. The number of ether oxygens (including phenoxy) is 2. The summed E-state index contributed by atoms with van der Waals surface area (Å²) in [6.07, 6.45) is 9.37. The molecule has 1 aliphatic heterocycles. The van der Waals surface area contributed by atoms with E-state index in [0.29, 0.717) is 23.0 Å². The van der Waals surface area contributed by atoms with E-state index in [1.165, 1.54) is 0 Å². The minimum Gasteiger partial charge on any atom is -0.506 e. The number of nitrogens with zero attached hydrogens (tertiary/aromatic N) is 1. The highest BCUT2D eigenvalue weighted by Crippen LogP contribution is 2.53. The molecule has 4 atom stereocenters. The third-order valence-corrected chi connectivity index (χ3v) is 19.5. The van der Waals surface area contributed by atoms with Gasteiger partial charge in [-0.15, -0.1) is 0 Å². The van der Waals surface area contributed by atoms with Gasteiger partial charge in [-0.3, -0.25) is 24.0 Å². The summed E-state index contributed by atoms with van der Waals surface area (Å²) in [6, 6.07) is 0. The number of carbonyl (C=O) groups excluding carboxylic acids is 7. The topological polar surface area (TPSA) is 210 Å². The van der Waals surface area contributed by atoms with E-state index in [1.807, 2.05) is 27.7 Å². The third-order valence-electron chi connectivity index (χ3n) is 19.5. The van der Waals surface area contributed by atoms with Crippen molar-refractivity contribution in [3.05, 3.63) is 45.0 Å². The van der Waals surface area contributed by atoms with Gasteiger partial charge in [0.05, 0.1) is 22.5 Å². The van der Waals surface area contributed by atoms with Crippen molar-refractivity contribution in [3.63, 3.8) is 0 Å². The maximum atomic E-state index is 15.3. The number of H-pyrrole nitrogens is 1. The van der Waals surface area contributed by atoms with Crippen molar-refractivity contribution in [3.8, 4) is 0 Å². The number of aliphatic hydroxyl groups excluding tert-OH is 1. The van der Waals surface area contributed by atoms with Gasteiger partial charge < -0.3 is 30.2 Å². The van der Waals surface area contributed by atoms with Crippen LogP contribution >= 0.6 is 0 Å². The van der Waals surface area contributed by atoms with Gasteiger partial charge in [0.1, 0.15) is 52.3 Å². The van der Waals surface area contributed by atoms with Crippen LogP contribution in [0.15, 0.2) is 33.2 Å². The fourth-order valence-electron chi connectivity index (χ4n) is 14.8. The molecular weight excluding hydrogens is 1030 g/mol. The largest absolute Gasteiger partial charge is 0.506 e. The number of rotatable bonds is 16. The molecule has 0 radical (unpaired) electrons. The van der Waals surface area contributed by atoms with Crippen LogP contribution in [0.2, 0.25) is 0 Å². The van der Waals surface area contributed by atoms with Gasteiger partial charge >= 0.3 is 11.9 Å². The lowest BCUT2D eigenvalue weighted by atomic mass is 9.59. The van der Waals surface area contributed by atoms with Crippen molar-refractivity contribution in [1.29, 1.82) is 0 Å². The molecule has 2 heterocycles. The van der Waals surface area contributed by atoms with Gasteiger partial charge in [-0.2, -0.15) is 0 Å². The molecule has 7 rings (SSSR count). The minimum absolute atomic E-state index is 0.00216. The SMILES string of the molecule is CC1CC(C(C)(C)C)C(OC(=O)C2=C(C(C)C)/C(=C3/C(=O)C(c4[nH]c(NC(=O)CCC(=O)C5CCCC5)c(C(=O)OC5C(C(C)(C)C)CC(C)CC5C(C)(C)C)c4C(C)C)=C3O)N=C2NC(=O)CCC(=O)C2CCCC2)C(C(C)(C)C)C1. The number of Topliss-reactive ketones (excluding diaryl/α,β-unsaturated/α-hetero) is 3. The zero-order valence-electron chi connectivity index (χ0n) is 53.3. The fourth-order valence-corrected chi connectivity index (χ4v) is 14.8. The molecule has 0 spiro atoms. The highest BCUT2D eigenvalue weighted by molar-refractivity contribution is 6.40. The first kappa shape index (κ1) is 64.4. The van der Waals surface area contributed by atoms with E-state index in [0.717, 1.165) is 77.0 Å². The number of hydrogen-bond donors (Lipinski definition) is 4. The second kappa shape index (κ2) is 24.8. The number of nitrogens with one attached hydrogen (secondary N) is 3. The number of amides is 2. The van der Waals surface area contributed by atoms with Crippen molar-refractivity contribution in [2.45, 2.75) is 245 Å². The van der Waals surface area contributed by atoms with Crippen LogP contribution < -0.4 is 10.6 Å². The Balaban J connectivity index is 1.36. The van der Waals surface area contributed by atoms with Crippen molar-refractivity contribution in [2.24, 2.45) is 79.9 Å². The van der Waals surface area contributed by atoms with Crippen LogP contribution in [0, 0.1) is 74.9 Å². The van der Waals surface area contributed by atoms with Crippen LogP contribution in [0.3, 0.4) is 0 Å². The lowest BCUT2D eigenvalue weighted by molar-refractivity contribution is -0.164. The van der Waals surface area contributed by atoms with Gasteiger partial charge in [-0.25, -0.2) is 14.6 Å². The quantitative estimate of drug-likeness (QED) is 0.0909. The molecule has 1 aromatic heterocycles. The predicted molar refractivity (Wildman–Crippen MR) is 323 cm³/mol. The Morgan fingerprint density at radius 3 is 1.37 bits per heavy atom. The zero-order valence-corrected chi connectivity index (χ0v) is 53.3. The first-order chi connectivity index (χ1) is 38.0. The Kier molecular flexibility index (Phi) is 19.5. The summed E-state index contributed by atoms with van der Waals surface area (Å²) >= 11 is 0. The van der Waals surface area contributed by atoms with Crippen LogP contribution in [0.4, 0.5) is 5.82 Å². The van der Waals surface area contributed by atoms with E-state index in [-0.39, 0.29) is 140 Å². The number of aliphatic imine (C=N–C) groups is 1. The number of aliphatic hydroxyl groups is 1. The lowest BCUT2D eigenvalue weighted by Crippen LogP contribution is -2.50. The van der Waals surface area contributed by atoms with Crippen LogP contribution in [-0.2, 0) is 38.2 Å². The summed E-state index contributed by atoms with van der Waals surface area (Å²) in [7, 11) is 0. The summed E-state index contributed by atoms with van der Waals surface area (Å²) in [4.78, 5) is 109. The smallest absolute Gasteiger partial charge is 0.342 e. The maximum absolute atomic E-state index is 15.3. The Morgan fingerprint density at radius 1 is 0.585 bits per heavy atom. The minimum atomic E-state index is -0.700. The molecule has 4 saturated carbocycles. The van der Waals surface area contributed by atoms with Gasteiger partial charge in [-0.05, 0) is 108 Å². The number of aromatic amines is 1. The number of allylic oxidation sites excluding steroid dienone is 3. The summed E-state index contributed by atoms with van der Waals surface area (Å²) in [6.45, 7) is 38.0. The van der Waals surface area contributed by atoms with Crippen LogP contribution in [0.1, 0.15) is 255 Å². The average molecular weight is 1140 g/mol. The Morgan fingerprint density at radius 2 is 0.988 bits per heavy atom. The number of ketones is 3. The molecule has 454 valence electrons. The number of anilines is 1. The van der Waals surface area contributed by atoms with E-state index >= 15 is 14.4 Å². The predicted octanol–water partition coefficient (Wildman–Crippen LogP) is 14.7. The van der Waals surface area contributed by atoms with Crippen molar-refractivity contribution >= 4 is 58.3 Å². The van der Waals surface area contributed by atoms with E-state index in [4.69, 9.17) is 14.5 Å². The molecule has 4 fully saturated rings. The first-order valence-electron chi connectivity index (χ1n) is 31.4. The summed E-state index contributed by atoms with van der Waals surface area (Å²) in [5.41, 5.74) is -0.439. The molecule has 6 aliphatic rings. The standard InChI is InChI=1S/C68H102N4O10/c1-35(2)49-51(63(79)81-59-41(65(7,8)9)31-37(5)32-42(59)66(10,11)12)61(69-47(75)29-27-45(73)39-23-19-20-24-39)71-55(49)53-57(77)54(58(53)78)56-50(36(3)4)52(62(72-56)70-48(76)30-28-46(74)40-25-21-22-26-40)64(80)82-60-43(67(13,14)15)33-38(6)34-44(60)68(16,17)18/h35-44,59-60,71,77H,19-34H2,1-18H3,(H,69,75)(H,70,72,76)/b56-54-. The first-order valence-corrected chi connectivity index (χ1v) is 31.4. The fraction of sp³-hybridized carbons (Fsp3) is 0.735. The molecule has 82 heavy (non-hydrogen) atoms.